The summed E-state index contributed by atoms with van der Waals surface area (Å²) in [5, 5.41) is 0. The molecule has 86 valence electrons. The maximum atomic E-state index is 13.5. The molecule has 5 heteroatoms. The van der Waals surface area contributed by atoms with Crippen molar-refractivity contribution >= 4 is 5.91 Å². The average molecular weight is 227 g/mol. The second-order valence-electron chi connectivity index (χ2n) is 2.98. The maximum absolute atomic E-state index is 13.5. The molecule has 0 heterocycles. The first-order chi connectivity index (χ1) is 7.57. The van der Waals surface area contributed by atoms with Gasteiger partial charge in [0, 0.05) is 0 Å². The van der Waals surface area contributed by atoms with E-state index in [9.17, 15) is 13.6 Å². The SMILES string of the molecule is C/C=C/COc1ccc(F)c(C(N)=O)c1F. The van der Waals surface area contributed by atoms with Crippen molar-refractivity contribution in [3.05, 3.63) is 41.5 Å². The third kappa shape index (κ3) is 2.56. The number of halogens is 2. The molecule has 0 aliphatic carbocycles. The second-order valence-corrected chi connectivity index (χ2v) is 2.98. The Morgan fingerprint density at radius 2 is 2.19 bits per heavy atom. The highest BCUT2D eigenvalue weighted by molar-refractivity contribution is 5.93. The maximum Gasteiger partial charge on any atom is 0.254 e. The largest absolute Gasteiger partial charge is 0.486 e. The van der Waals surface area contributed by atoms with Crippen molar-refractivity contribution in [2.75, 3.05) is 6.61 Å². The number of carbonyl (C=O) groups is 1. The van der Waals surface area contributed by atoms with Crippen molar-refractivity contribution in [2.45, 2.75) is 6.92 Å². The molecule has 1 rings (SSSR count). The zero-order chi connectivity index (χ0) is 12.1. The van der Waals surface area contributed by atoms with Crippen molar-refractivity contribution in [3.8, 4) is 5.75 Å². The van der Waals surface area contributed by atoms with E-state index >= 15 is 0 Å². The fraction of sp³-hybridized carbons (Fsp3) is 0.182. The van der Waals surface area contributed by atoms with Crippen LogP contribution in [0.4, 0.5) is 8.78 Å². The highest BCUT2D eigenvalue weighted by Crippen LogP contribution is 2.22. The molecule has 0 saturated heterocycles. The molecular formula is C11H11F2NO2. The Balaban J connectivity index is 3.04. The monoisotopic (exact) mass is 227 g/mol. The summed E-state index contributed by atoms with van der Waals surface area (Å²) in [6, 6.07) is 2.05. The van der Waals surface area contributed by atoms with Crippen molar-refractivity contribution in [1.29, 1.82) is 0 Å². The van der Waals surface area contributed by atoms with Gasteiger partial charge < -0.3 is 10.5 Å². The summed E-state index contributed by atoms with van der Waals surface area (Å²) >= 11 is 0. The average Bonchev–Trinajstić information content (AvgIpc) is 2.21. The number of primary amides is 1. The number of rotatable bonds is 4. The van der Waals surface area contributed by atoms with Gasteiger partial charge >= 0.3 is 0 Å². The number of nitrogens with two attached hydrogens (primary N) is 1. The molecule has 0 unspecified atom stereocenters. The molecule has 0 fully saturated rings. The third-order valence-corrected chi connectivity index (χ3v) is 1.87. The molecule has 16 heavy (non-hydrogen) atoms. The Morgan fingerprint density at radius 1 is 1.50 bits per heavy atom. The first-order valence-corrected chi connectivity index (χ1v) is 4.59. The predicted octanol–water partition coefficient (Wildman–Crippen LogP) is 2.02. The van der Waals surface area contributed by atoms with Crippen LogP contribution in [0.2, 0.25) is 0 Å². The van der Waals surface area contributed by atoms with Crippen LogP contribution in [0.15, 0.2) is 24.3 Å². The Labute approximate surface area is 91.5 Å². The van der Waals surface area contributed by atoms with E-state index in [0.29, 0.717) is 0 Å². The van der Waals surface area contributed by atoms with Crippen molar-refractivity contribution < 1.29 is 18.3 Å². The van der Waals surface area contributed by atoms with E-state index < -0.39 is 23.1 Å². The summed E-state index contributed by atoms with van der Waals surface area (Å²) < 4.78 is 31.6. The number of ether oxygens (including phenoxy) is 1. The molecule has 1 aromatic rings. The molecule has 3 nitrogen and oxygen atoms in total. The minimum Gasteiger partial charge on any atom is -0.486 e. The van der Waals surface area contributed by atoms with Crippen LogP contribution in [-0.2, 0) is 0 Å². The normalized spacial score (nSPS) is 10.7. The molecule has 2 N–H and O–H groups in total. The summed E-state index contributed by atoms with van der Waals surface area (Å²) in [5.74, 6) is -3.43. The first-order valence-electron chi connectivity index (χ1n) is 4.59. The number of amides is 1. The molecule has 0 radical (unpaired) electrons. The van der Waals surface area contributed by atoms with Crippen molar-refractivity contribution in [2.24, 2.45) is 5.73 Å². The van der Waals surface area contributed by atoms with Crippen LogP contribution in [0.1, 0.15) is 17.3 Å². The number of hydrogen-bond acceptors (Lipinski definition) is 2. The van der Waals surface area contributed by atoms with Crippen LogP contribution in [0.25, 0.3) is 0 Å². The topological polar surface area (TPSA) is 52.3 Å². The Kier molecular flexibility index (Phi) is 3.99. The van der Waals surface area contributed by atoms with Gasteiger partial charge in [-0.1, -0.05) is 12.2 Å². The van der Waals surface area contributed by atoms with E-state index in [1.54, 1.807) is 19.1 Å². The van der Waals surface area contributed by atoms with E-state index in [4.69, 9.17) is 10.5 Å². The quantitative estimate of drug-likeness (QED) is 0.800. The van der Waals surface area contributed by atoms with Crippen LogP contribution >= 0.6 is 0 Å². The molecule has 0 aliphatic rings. The zero-order valence-electron chi connectivity index (χ0n) is 8.67. The summed E-state index contributed by atoms with van der Waals surface area (Å²) in [4.78, 5) is 10.8. The molecule has 1 aromatic carbocycles. The lowest BCUT2D eigenvalue weighted by Crippen LogP contribution is -2.16. The smallest absolute Gasteiger partial charge is 0.254 e. The minimum absolute atomic E-state index is 0.136. The van der Waals surface area contributed by atoms with Crippen molar-refractivity contribution in [1.82, 2.24) is 0 Å². The highest BCUT2D eigenvalue weighted by atomic mass is 19.1. The molecule has 0 spiro atoms. The van der Waals surface area contributed by atoms with Gasteiger partial charge in [0.15, 0.2) is 11.6 Å². The van der Waals surface area contributed by atoms with Crippen LogP contribution in [0.3, 0.4) is 0 Å². The molecular weight excluding hydrogens is 216 g/mol. The van der Waals surface area contributed by atoms with Gasteiger partial charge in [0.25, 0.3) is 5.91 Å². The second kappa shape index (κ2) is 5.25. The van der Waals surface area contributed by atoms with Gasteiger partial charge in [-0.05, 0) is 19.1 Å². The summed E-state index contributed by atoms with van der Waals surface area (Å²) in [6.45, 7) is 1.91. The van der Waals surface area contributed by atoms with Crippen molar-refractivity contribution in [3.63, 3.8) is 0 Å². The zero-order valence-corrected chi connectivity index (χ0v) is 8.67. The van der Waals surface area contributed by atoms with Crippen LogP contribution in [0.5, 0.6) is 5.75 Å². The Bertz CT molecular complexity index is 430. The molecule has 0 saturated carbocycles. The van der Waals surface area contributed by atoms with Crippen LogP contribution < -0.4 is 10.5 Å². The molecule has 1 amide bonds. The minimum atomic E-state index is -1.16. The number of allylic oxidation sites excluding steroid dienone is 1. The summed E-state index contributed by atoms with van der Waals surface area (Å²) in [7, 11) is 0. The molecule has 0 aromatic heterocycles. The van der Waals surface area contributed by atoms with Crippen LogP contribution in [0, 0.1) is 11.6 Å². The van der Waals surface area contributed by atoms with Gasteiger partial charge in [-0.25, -0.2) is 8.78 Å². The number of benzene rings is 1. The molecule has 0 aliphatic heterocycles. The summed E-state index contributed by atoms with van der Waals surface area (Å²) in [6.07, 6.45) is 3.36. The fourth-order valence-electron chi connectivity index (χ4n) is 1.10. The van der Waals surface area contributed by atoms with E-state index in [0.717, 1.165) is 12.1 Å². The standard InChI is InChI=1S/C11H11F2NO2/c1-2-3-6-16-8-5-4-7(12)9(10(8)13)11(14)15/h2-5H,6H2,1H3,(H2,14,15)/b3-2+. The Hall–Kier alpha value is -1.91. The lowest BCUT2D eigenvalue weighted by Gasteiger charge is -2.07. The van der Waals surface area contributed by atoms with Gasteiger partial charge in [-0.3, -0.25) is 4.79 Å². The number of carbonyl (C=O) groups excluding carboxylic acids is 1. The summed E-state index contributed by atoms with van der Waals surface area (Å²) in [5.41, 5.74) is 4.07. The van der Waals surface area contributed by atoms with E-state index in [-0.39, 0.29) is 12.4 Å². The third-order valence-electron chi connectivity index (χ3n) is 1.87. The van der Waals surface area contributed by atoms with Gasteiger partial charge in [-0.2, -0.15) is 0 Å². The van der Waals surface area contributed by atoms with Gasteiger partial charge in [0.05, 0.1) is 0 Å². The Morgan fingerprint density at radius 3 is 2.75 bits per heavy atom. The lowest BCUT2D eigenvalue weighted by atomic mass is 10.1. The van der Waals surface area contributed by atoms with Crippen LogP contribution in [-0.4, -0.2) is 12.5 Å². The molecule has 0 atom stereocenters. The van der Waals surface area contributed by atoms with E-state index in [1.807, 2.05) is 0 Å². The van der Waals surface area contributed by atoms with Gasteiger partial charge in [-0.15, -0.1) is 0 Å². The lowest BCUT2D eigenvalue weighted by molar-refractivity contribution is 0.0991. The van der Waals surface area contributed by atoms with Gasteiger partial charge in [0.1, 0.15) is 18.0 Å². The first kappa shape index (κ1) is 12.2. The predicted molar refractivity (Wildman–Crippen MR) is 55.2 cm³/mol. The number of hydrogen-bond donors (Lipinski definition) is 1. The fourth-order valence-corrected chi connectivity index (χ4v) is 1.10. The van der Waals surface area contributed by atoms with Gasteiger partial charge in [0.2, 0.25) is 0 Å². The molecule has 0 bridgehead atoms. The van der Waals surface area contributed by atoms with E-state index in [1.165, 1.54) is 0 Å². The highest BCUT2D eigenvalue weighted by Gasteiger charge is 2.18. The van der Waals surface area contributed by atoms with E-state index in [2.05, 4.69) is 0 Å².